The zero-order chi connectivity index (χ0) is 13.9. The van der Waals surface area contributed by atoms with Gasteiger partial charge in [-0.3, -0.25) is 4.79 Å². The maximum absolute atomic E-state index is 12.6. The molecule has 0 radical (unpaired) electrons. The van der Waals surface area contributed by atoms with Gasteiger partial charge in [0.05, 0.1) is 5.52 Å². The Kier molecular flexibility index (Phi) is 3.29. The number of aromatic nitrogens is 3. The lowest BCUT2D eigenvalue weighted by atomic mass is 10.0. The molecule has 100 valence electrons. The topological polar surface area (TPSA) is 47.8 Å². The van der Waals surface area contributed by atoms with Gasteiger partial charge >= 0.3 is 0 Å². The van der Waals surface area contributed by atoms with Crippen LogP contribution in [0.1, 0.15) is 29.7 Å². The van der Waals surface area contributed by atoms with Crippen molar-refractivity contribution in [1.82, 2.24) is 15.0 Å². The first-order valence-electron chi connectivity index (χ1n) is 6.70. The molecule has 1 aromatic heterocycles. The number of para-hydroxylation sites is 1. The number of carbonyl (C=O) groups is 1. The van der Waals surface area contributed by atoms with E-state index in [1.807, 2.05) is 61.5 Å². The molecule has 0 N–H and O–H groups in total. The van der Waals surface area contributed by atoms with Crippen molar-refractivity contribution in [3.63, 3.8) is 0 Å². The molecular weight excluding hydrogens is 250 g/mol. The molecule has 0 spiro atoms. The Balaban J connectivity index is 2.04. The minimum Gasteiger partial charge on any atom is -0.292 e. The summed E-state index contributed by atoms with van der Waals surface area (Å²) in [4.78, 5) is 12.6. The lowest BCUT2D eigenvalue weighted by molar-refractivity contribution is 0.0916. The molecule has 4 nitrogen and oxygen atoms in total. The summed E-state index contributed by atoms with van der Waals surface area (Å²) in [7, 11) is 0. The third-order valence-electron chi connectivity index (χ3n) is 3.42. The zero-order valence-electron chi connectivity index (χ0n) is 11.2. The molecule has 0 saturated heterocycles. The molecule has 0 aliphatic heterocycles. The van der Waals surface area contributed by atoms with Gasteiger partial charge in [-0.1, -0.05) is 54.6 Å². The van der Waals surface area contributed by atoms with Crippen molar-refractivity contribution in [2.24, 2.45) is 0 Å². The summed E-state index contributed by atoms with van der Waals surface area (Å²) in [5, 5.41) is 8.28. The molecule has 2 aromatic carbocycles. The molecule has 3 aromatic rings. The van der Waals surface area contributed by atoms with Gasteiger partial charge in [-0.15, -0.1) is 5.10 Å². The second-order valence-corrected chi connectivity index (χ2v) is 4.68. The molecule has 4 heteroatoms. The predicted molar refractivity (Wildman–Crippen MR) is 77.6 cm³/mol. The molecule has 0 amide bonds. The number of Topliss-reactive ketones (excluding diaryl/α,β-unsaturated/α-hetero) is 1. The van der Waals surface area contributed by atoms with Crippen molar-refractivity contribution in [2.45, 2.75) is 19.4 Å². The second-order valence-electron chi connectivity index (χ2n) is 4.68. The van der Waals surface area contributed by atoms with E-state index in [2.05, 4.69) is 10.3 Å². The van der Waals surface area contributed by atoms with Crippen LogP contribution in [0.3, 0.4) is 0 Å². The van der Waals surface area contributed by atoms with Gasteiger partial charge in [0.15, 0.2) is 5.78 Å². The third-order valence-corrected chi connectivity index (χ3v) is 3.42. The smallest absolute Gasteiger partial charge is 0.187 e. The highest BCUT2D eigenvalue weighted by Crippen LogP contribution is 2.21. The molecule has 3 rings (SSSR count). The number of carbonyl (C=O) groups excluding carboxylic acids is 1. The fraction of sp³-hybridized carbons (Fsp3) is 0.188. The van der Waals surface area contributed by atoms with Crippen LogP contribution in [0.15, 0.2) is 54.6 Å². The van der Waals surface area contributed by atoms with Gasteiger partial charge in [-0.05, 0) is 18.6 Å². The molecule has 20 heavy (non-hydrogen) atoms. The van der Waals surface area contributed by atoms with Gasteiger partial charge in [-0.25, -0.2) is 4.68 Å². The molecule has 0 bridgehead atoms. The Bertz CT molecular complexity index is 734. The Hall–Kier alpha value is -2.49. The van der Waals surface area contributed by atoms with Crippen molar-refractivity contribution in [2.75, 3.05) is 0 Å². The van der Waals surface area contributed by atoms with Crippen LogP contribution in [-0.2, 0) is 0 Å². The first kappa shape index (κ1) is 12.5. The maximum atomic E-state index is 12.6. The summed E-state index contributed by atoms with van der Waals surface area (Å²) in [6.07, 6.45) is 0.682. The zero-order valence-corrected chi connectivity index (χ0v) is 11.2. The van der Waals surface area contributed by atoms with E-state index in [9.17, 15) is 4.79 Å². The van der Waals surface area contributed by atoms with E-state index < -0.39 is 0 Å². The Labute approximate surface area is 117 Å². The van der Waals surface area contributed by atoms with Gasteiger partial charge in [0, 0.05) is 5.56 Å². The van der Waals surface area contributed by atoms with E-state index in [0.29, 0.717) is 12.0 Å². The quantitative estimate of drug-likeness (QED) is 0.680. The van der Waals surface area contributed by atoms with Crippen LogP contribution in [0.4, 0.5) is 0 Å². The van der Waals surface area contributed by atoms with Crippen LogP contribution < -0.4 is 0 Å². The number of nitrogens with zero attached hydrogens (tertiary/aromatic N) is 3. The minimum atomic E-state index is -0.315. The second kappa shape index (κ2) is 5.25. The Morgan fingerprint density at radius 3 is 2.55 bits per heavy atom. The van der Waals surface area contributed by atoms with Crippen molar-refractivity contribution >= 4 is 16.8 Å². The third kappa shape index (κ3) is 2.09. The predicted octanol–water partition coefficient (Wildman–Crippen LogP) is 3.27. The maximum Gasteiger partial charge on any atom is 0.187 e. The highest BCUT2D eigenvalue weighted by molar-refractivity contribution is 5.99. The highest BCUT2D eigenvalue weighted by Gasteiger charge is 2.22. The molecule has 0 aliphatic rings. The number of rotatable bonds is 4. The first-order chi connectivity index (χ1) is 9.81. The summed E-state index contributed by atoms with van der Waals surface area (Å²) < 4.78 is 1.73. The van der Waals surface area contributed by atoms with Crippen LogP contribution in [0.5, 0.6) is 0 Å². The van der Waals surface area contributed by atoms with E-state index in [1.165, 1.54) is 0 Å². The summed E-state index contributed by atoms with van der Waals surface area (Å²) in [5.41, 5.74) is 2.41. The first-order valence-corrected chi connectivity index (χ1v) is 6.70. The highest BCUT2D eigenvalue weighted by atomic mass is 16.1. The van der Waals surface area contributed by atoms with Crippen LogP contribution >= 0.6 is 0 Å². The monoisotopic (exact) mass is 265 g/mol. The molecular formula is C16H15N3O. The van der Waals surface area contributed by atoms with E-state index in [4.69, 9.17) is 0 Å². The van der Waals surface area contributed by atoms with E-state index in [0.717, 1.165) is 11.0 Å². The molecule has 0 saturated carbocycles. The summed E-state index contributed by atoms with van der Waals surface area (Å²) in [5.74, 6) is 0.0729. The summed E-state index contributed by atoms with van der Waals surface area (Å²) >= 11 is 0. The van der Waals surface area contributed by atoms with Gasteiger partial charge in [0.25, 0.3) is 0 Å². The number of hydrogen-bond donors (Lipinski definition) is 0. The lowest BCUT2D eigenvalue weighted by Crippen LogP contribution is -2.20. The lowest BCUT2D eigenvalue weighted by Gasteiger charge is -2.14. The van der Waals surface area contributed by atoms with E-state index in [1.54, 1.807) is 4.68 Å². The van der Waals surface area contributed by atoms with Crippen molar-refractivity contribution in [3.05, 3.63) is 60.2 Å². The van der Waals surface area contributed by atoms with Gasteiger partial charge in [0.1, 0.15) is 11.6 Å². The molecule has 0 aliphatic carbocycles. The fourth-order valence-electron chi connectivity index (χ4n) is 2.38. The fourth-order valence-corrected chi connectivity index (χ4v) is 2.38. The summed E-state index contributed by atoms with van der Waals surface area (Å²) in [6.45, 7) is 1.99. The minimum absolute atomic E-state index is 0.0729. The number of hydrogen-bond acceptors (Lipinski definition) is 3. The molecule has 1 heterocycles. The number of ketones is 1. The van der Waals surface area contributed by atoms with E-state index in [-0.39, 0.29) is 11.8 Å². The summed E-state index contributed by atoms with van der Waals surface area (Å²) in [6, 6.07) is 16.7. The van der Waals surface area contributed by atoms with E-state index >= 15 is 0 Å². The van der Waals surface area contributed by atoms with Gasteiger partial charge in [0.2, 0.25) is 0 Å². The SMILES string of the molecule is CCC(C(=O)c1ccccc1)n1nnc2ccccc21. The number of benzene rings is 2. The van der Waals surface area contributed by atoms with Crippen molar-refractivity contribution < 1.29 is 4.79 Å². The van der Waals surface area contributed by atoms with Gasteiger partial charge < -0.3 is 0 Å². The average Bonchev–Trinajstić information content (AvgIpc) is 2.93. The van der Waals surface area contributed by atoms with Crippen LogP contribution in [0, 0.1) is 0 Å². The standard InChI is InChI=1S/C16H15N3O/c1-2-14(16(20)12-8-4-3-5-9-12)19-15-11-7-6-10-13(15)17-18-19/h3-11,14H,2H2,1H3. The largest absolute Gasteiger partial charge is 0.292 e. The molecule has 1 atom stereocenters. The molecule has 1 unspecified atom stereocenters. The van der Waals surface area contributed by atoms with Crippen molar-refractivity contribution in [3.8, 4) is 0 Å². The average molecular weight is 265 g/mol. The van der Waals surface area contributed by atoms with Gasteiger partial charge in [-0.2, -0.15) is 0 Å². The van der Waals surface area contributed by atoms with Crippen LogP contribution in [-0.4, -0.2) is 20.8 Å². The Morgan fingerprint density at radius 1 is 1.10 bits per heavy atom. The van der Waals surface area contributed by atoms with Crippen LogP contribution in [0.2, 0.25) is 0 Å². The normalized spacial score (nSPS) is 12.4. The van der Waals surface area contributed by atoms with Crippen molar-refractivity contribution in [1.29, 1.82) is 0 Å². The number of fused-ring (bicyclic) bond motifs is 1. The molecule has 0 fully saturated rings. The van der Waals surface area contributed by atoms with Crippen LogP contribution in [0.25, 0.3) is 11.0 Å². The Morgan fingerprint density at radius 2 is 1.80 bits per heavy atom.